The third-order valence-electron chi connectivity index (χ3n) is 7.17. The molecule has 0 amide bonds. The Bertz CT molecular complexity index is 2150. The standard InChI is InChI=1S/C30H22ClF3N4O4S2/c1-29(39,30(32,33)34)18-9-11-36-22(15-18)20-4-2-3-17-14-24(43-28(17)20)27(26-21(31)6-8-25(35)37-26)38-44(40,41)19-5-7-23-16(13-19)10-12-42-23/h2-15,27,38-39H,1H3,(H2,35,37)/t27?,29-/m0/s1. The summed E-state index contributed by atoms with van der Waals surface area (Å²) in [5.41, 5.74) is 3.84. The Morgan fingerprint density at radius 3 is 2.61 bits per heavy atom. The van der Waals surface area contributed by atoms with Crippen molar-refractivity contribution >= 4 is 59.8 Å². The van der Waals surface area contributed by atoms with Crippen molar-refractivity contribution in [1.82, 2.24) is 14.7 Å². The largest absolute Gasteiger partial charge is 0.464 e. The maximum atomic E-state index is 13.7. The zero-order valence-electron chi connectivity index (χ0n) is 22.6. The Hall–Kier alpha value is -4.01. The summed E-state index contributed by atoms with van der Waals surface area (Å²) in [7, 11) is -4.16. The third-order valence-corrected chi connectivity index (χ3v) is 10.2. The minimum absolute atomic E-state index is 0.0176. The van der Waals surface area contributed by atoms with E-state index in [4.69, 9.17) is 21.8 Å². The van der Waals surface area contributed by atoms with Crippen LogP contribution >= 0.6 is 22.9 Å². The zero-order valence-corrected chi connectivity index (χ0v) is 25.0. The molecule has 0 aliphatic carbocycles. The van der Waals surface area contributed by atoms with Gasteiger partial charge < -0.3 is 15.3 Å². The number of nitrogens with zero attached hydrogens (tertiary/aromatic N) is 2. The number of sulfonamides is 1. The van der Waals surface area contributed by atoms with Gasteiger partial charge in [-0.15, -0.1) is 11.3 Å². The van der Waals surface area contributed by atoms with Gasteiger partial charge in [-0.05, 0) is 72.5 Å². The molecular weight excluding hydrogens is 637 g/mol. The first-order chi connectivity index (χ1) is 20.7. The maximum Gasteiger partial charge on any atom is 0.421 e. The van der Waals surface area contributed by atoms with Crippen LogP contribution in [0.2, 0.25) is 5.02 Å². The van der Waals surface area contributed by atoms with Gasteiger partial charge in [0.05, 0.1) is 33.6 Å². The molecule has 1 unspecified atom stereocenters. The van der Waals surface area contributed by atoms with Gasteiger partial charge in [0.1, 0.15) is 11.4 Å². The number of nitrogen functional groups attached to an aromatic ring is 1. The van der Waals surface area contributed by atoms with Crippen LogP contribution in [0.25, 0.3) is 32.3 Å². The van der Waals surface area contributed by atoms with E-state index in [1.807, 2.05) is 0 Å². The molecule has 2 atom stereocenters. The number of aliphatic hydroxyl groups is 1. The van der Waals surface area contributed by atoms with Crippen molar-refractivity contribution in [3.8, 4) is 11.3 Å². The van der Waals surface area contributed by atoms with Gasteiger partial charge in [-0.25, -0.2) is 13.4 Å². The van der Waals surface area contributed by atoms with Crippen LogP contribution in [0, 0.1) is 0 Å². The van der Waals surface area contributed by atoms with Gasteiger partial charge in [0.15, 0.2) is 5.60 Å². The van der Waals surface area contributed by atoms with Crippen LogP contribution in [0.3, 0.4) is 0 Å². The molecule has 44 heavy (non-hydrogen) atoms. The molecule has 2 aromatic carbocycles. The minimum atomic E-state index is -4.91. The molecule has 0 saturated heterocycles. The number of thiophene rings is 1. The van der Waals surface area contributed by atoms with Crippen LogP contribution < -0.4 is 10.5 Å². The Morgan fingerprint density at radius 2 is 1.84 bits per heavy atom. The summed E-state index contributed by atoms with van der Waals surface area (Å²) < 4.78 is 76.8. The Morgan fingerprint density at radius 1 is 1.05 bits per heavy atom. The van der Waals surface area contributed by atoms with Crippen molar-refractivity contribution in [2.45, 2.75) is 29.6 Å². The number of hydrogen-bond donors (Lipinski definition) is 3. The van der Waals surface area contributed by atoms with E-state index in [1.165, 1.54) is 54.1 Å². The highest BCUT2D eigenvalue weighted by Gasteiger charge is 2.51. The van der Waals surface area contributed by atoms with Gasteiger partial charge in [-0.1, -0.05) is 29.8 Å². The summed E-state index contributed by atoms with van der Waals surface area (Å²) in [6.07, 6.45) is -2.26. The smallest absolute Gasteiger partial charge is 0.421 e. The molecule has 0 aliphatic heterocycles. The normalized spacial score (nSPS) is 14.6. The number of anilines is 1. The number of nitrogens with one attached hydrogen (secondary N) is 1. The fourth-order valence-corrected chi connectivity index (χ4v) is 7.47. The average Bonchev–Trinajstić information content (AvgIpc) is 3.63. The summed E-state index contributed by atoms with van der Waals surface area (Å²) in [5, 5.41) is 11.7. The predicted molar refractivity (Wildman–Crippen MR) is 163 cm³/mol. The van der Waals surface area contributed by atoms with Crippen molar-refractivity contribution in [2.24, 2.45) is 0 Å². The van der Waals surface area contributed by atoms with Crippen LogP contribution in [-0.4, -0.2) is 29.7 Å². The lowest BCUT2D eigenvalue weighted by molar-refractivity contribution is -0.258. The Labute approximate surface area is 258 Å². The van der Waals surface area contributed by atoms with E-state index in [2.05, 4.69) is 14.7 Å². The van der Waals surface area contributed by atoms with Gasteiger partial charge in [0.2, 0.25) is 10.0 Å². The lowest BCUT2D eigenvalue weighted by Gasteiger charge is -2.26. The lowest BCUT2D eigenvalue weighted by Crippen LogP contribution is -2.39. The number of nitrogens with two attached hydrogens (primary N) is 1. The van der Waals surface area contributed by atoms with E-state index in [-0.39, 0.29) is 32.7 Å². The molecule has 6 rings (SSSR count). The fraction of sp³-hybridized carbons (Fsp3) is 0.133. The molecule has 0 aliphatic rings. The highest BCUT2D eigenvalue weighted by atomic mass is 35.5. The van der Waals surface area contributed by atoms with Gasteiger partial charge in [-0.2, -0.15) is 17.9 Å². The third kappa shape index (κ3) is 5.41. The minimum Gasteiger partial charge on any atom is -0.464 e. The quantitative estimate of drug-likeness (QED) is 0.166. The van der Waals surface area contributed by atoms with Crippen LogP contribution in [-0.2, 0) is 15.6 Å². The number of benzene rings is 2. The molecular formula is C30H22ClF3N4O4S2. The first-order valence-corrected chi connectivity index (χ1v) is 15.6. The van der Waals surface area contributed by atoms with Crippen LogP contribution in [0.15, 0.2) is 94.6 Å². The van der Waals surface area contributed by atoms with E-state index in [9.17, 15) is 26.7 Å². The van der Waals surface area contributed by atoms with Crippen molar-refractivity contribution in [1.29, 1.82) is 0 Å². The second kappa shape index (κ2) is 10.9. The van der Waals surface area contributed by atoms with Gasteiger partial charge in [-0.3, -0.25) is 4.98 Å². The summed E-state index contributed by atoms with van der Waals surface area (Å²) in [6, 6.07) is 17.2. The van der Waals surface area contributed by atoms with E-state index >= 15 is 0 Å². The number of fused-ring (bicyclic) bond motifs is 2. The van der Waals surface area contributed by atoms with E-state index in [1.54, 1.807) is 36.4 Å². The molecule has 4 N–H and O–H groups in total. The number of hydrogen-bond acceptors (Lipinski definition) is 8. The summed E-state index contributed by atoms with van der Waals surface area (Å²) in [4.78, 5) is 9.08. The fourth-order valence-electron chi connectivity index (χ4n) is 4.73. The molecule has 0 radical (unpaired) electrons. The van der Waals surface area contributed by atoms with Crippen molar-refractivity contribution < 1.29 is 31.1 Å². The number of halogens is 4. The van der Waals surface area contributed by atoms with E-state index < -0.39 is 27.8 Å². The molecule has 14 heteroatoms. The Balaban J connectivity index is 1.48. The number of pyridine rings is 2. The van der Waals surface area contributed by atoms with Crippen molar-refractivity contribution in [2.75, 3.05) is 5.73 Å². The molecule has 226 valence electrons. The zero-order chi connectivity index (χ0) is 31.4. The molecule has 8 nitrogen and oxygen atoms in total. The second-order valence-electron chi connectivity index (χ2n) is 10.2. The molecule has 0 spiro atoms. The van der Waals surface area contributed by atoms with E-state index in [0.29, 0.717) is 38.4 Å². The van der Waals surface area contributed by atoms with Gasteiger partial charge in [0.25, 0.3) is 0 Å². The maximum absolute atomic E-state index is 13.7. The second-order valence-corrected chi connectivity index (χ2v) is 13.4. The molecule has 0 saturated carbocycles. The molecule has 0 bridgehead atoms. The SMILES string of the molecule is C[C@](O)(c1ccnc(-c2cccc3cc(C(NS(=O)(=O)c4ccc5occc5c4)c4nc(N)ccc4Cl)sc23)c1)C(F)(F)F. The summed E-state index contributed by atoms with van der Waals surface area (Å²) in [5.74, 6) is 0.118. The predicted octanol–water partition coefficient (Wildman–Crippen LogP) is 7.18. The summed E-state index contributed by atoms with van der Waals surface area (Å²) in [6.45, 7) is 0.680. The van der Waals surface area contributed by atoms with Crippen LogP contribution in [0.1, 0.15) is 29.1 Å². The number of alkyl halides is 3. The molecule has 6 aromatic rings. The van der Waals surface area contributed by atoms with E-state index in [0.717, 1.165) is 6.07 Å². The lowest BCUT2D eigenvalue weighted by atomic mass is 9.94. The van der Waals surface area contributed by atoms with Gasteiger partial charge >= 0.3 is 6.18 Å². The number of rotatable bonds is 7. The average molecular weight is 659 g/mol. The first kappa shape index (κ1) is 30.0. The van der Waals surface area contributed by atoms with Crippen molar-refractivity contribution in [3.05, 3.63) is 106 Å². The van der Waals surface area contributed by atoms with Crippen molar-refractivity contribution in [3.63, 3.8) is 0 Å². The first-order valence-electron chi connectivity index (χ1n) is 12.9. The Kier molecular flexibility index (Phi) is 7.41. The molecule has 0 fully saturated rings. The number of furan rings is 1. The molecule has 4 aromatic heterocycles. The monoisotopic (exact) mass is 658 g/mol. The van der Waals surface area contributed by atoms with Crippen LogP contribution in [0.4, 0.5) is 19.0 Å². The highest BCUT2D eigenvalue weighted by Crippen LogP contribution is 2.42. The number of aromatic nitrogens is 2. The van der Waals surface area contributed by atoms with Crippen LogP contribution in [0.5, 0.6) is 0 Å². The molecule has 4 heterocycles. The summed E-state index contributed by atoms with van der Waals surface area (Å²) >= 11 is 7.70. The highest BCUT2D eigenvalue weighted by molar-refractivity contribution is 7.89. The van der Waals surface area contributed by atoms with Gasteiger partial charge in [0, 0.05) is 26.7 Å². The topological polar surface area (TPSA) is 131 Å².